The molecule has 0 aromatic carbocycles. The van der Waals surface area contributed by atoms with Crippen molar-refractivity contribution in [1.82, 2.24) is 15.0 Å². The van der Waals surface area contributed by atoms with E-state index in [2.05, 4.69) is 15.0 Å². The second kappa shape index (κ2) is 3.45. The lowest BCUT2D eigenvalue weighted by atomic mass is 10.2. The van der Waals surface area contributed by atoms with E-state index in [1.54, 1.807) is 12.4 Å². The van der Waals surface area contributed by atoms with Crippen molar-refractivity contribution in [3.8, 4) is 11.3 Å². The van der Waals surface area contributed by atoms with Gasteiger partial charge in [-0.3, -0.25) is 0 Å². The van der Waals surface area contributed by atoms with E-state index in [1.807, 2.05) is 18.2 Å². The Hall–Kier alpha value is -1.55. The van der Waals surface area contributed by atoms with Gasteiger partial charge in [-0.05, 0) is 12.1 Å². The highest BCUT2D eigenvalue weighted by molar-refractivity contribution is 7.71. The van der Waals surface area contributed by atoms with Gasteiger partial charge in [0, 0.05) is 23.7 Å². The first kappa shape index (κ1) is 8.07. The lowest BCUT2D eigenvalue weighted by Crippen LogP contribution is -1.85. The predicted octanol–water partition coefficient (Wildman–Crippen LogP) is 2.20. The van der Waals surface area contributed by atoms with Gasteiger partial charge in [0.25, 0.3) is 0 Å². The second-order valence-electron chi connectivity index (χ2n) is 2.56. The van der Waals surface area contributed by atoms with Gasteiger partial charge >= 0.3 is 0 Å². The maximum Gasteiger partial charge on any atom is 0.115 e. The molecule has 0 saturated heterocycles. The van der Waals surface area contributed by atoms with Crippen molar-refractivity contribution in [2.75, 3.05) is 0 Å². The van der Waals surface area contributed by atoms with Gasteiger partial charge in [-0.25, -0.2) is 9.97 Å². The van der Waals surface area contributed by atoms with E-state index < -0.39 is 0 Å². The van der Waals surface area contributed by atoms with Crippen molar-refractivity contribution in [2.45, 2.75) is 0 Å². The first-order valence-electron chi connectivity index (χ1n) is 3.81. The van der Waals surface area contributed by atoms with E-state index in [4.69, 9.17) is 12.2 Å². The maximum atomic E-state index is 5.00. The van der Waals surface area contributed by atoms with Gasteiger partial charge < -0.3 is 4.98 Å². The third-order valence-corrected chi connectivity index (χ3v) is 1.88. The van der Waals surface area contributed by atoms with Gasteiger partial charge in [0.05, 0.1) is 0 Å². The summed E-state index contributed by atoms with van der Waals surface area (Å²) < 4.78 is 0.710. The highest BCUT2D eigenvalue weighted by atomic mass is 32.1. The fraction of sp³-hybridized carbons (Fsp3) is 0. The number of pyridine rings is 1. The van der Waals surface area contributed by atoms with Crippen molar-refractivity contribution in [3.63, 3.8) is 0 Å². The van der Waals surface area contributed by atoms with Crippen LogP contribution in [-0.2, 0) is 0 Å². The van der Waals surface area contributed by atoms with E-state index in [1.165, 1.54) is 6.33 Å². The molecule has 2 aromatic rings. The van der Waals surface area contributed by atoms with Gasteiger partial charge in [0.15, 0.2) is 0 Å². The smallest absolute Gasteiger partial charge is 0.115 e. The van der Waals surface area contributed by atoms with Crippen molar-refractivity contribution >= 4 is 12.2 Å². The summed E-state index contributed by atoms with van der Waals surface area (Å²) >= 11 is 5.00. The molecular formula is C9H7N3S. The van der Waals surface area contributed by atoms with E-state index >= 15 is 0 Å². The van der Waals surface area contributed by atoms with Gasteiger partial charge in [0.2, 0.25) is 0 Å². The van der Waals surface area contributed by atoms with Crippen LogP contribution in [0, 0.1) is 4.64 Å². The Balaban J connectivity index is 2.54. The van der Waals surface area contributed by atoms with Crippen LogP contribution >= 0.6 is 12.2 Å². The van der Waals surface area contributed by atoms with Crippen LogP contribution in [-0.4, -0.2) is 15.0 Å². The Kier molecular flexibility index (Phi) is 2.14. The molecule has 0 fully saturated rings. The molecule has 0 saturated carbocycles. The van der Waals surface area contributed by atoms with E-state index in [0.29, 0.717) is 4.64 Å². The minimum atomic E-state index is 0.710. The molecule has 0 aliphatic heterocycles. The van der Waals surface area contributed by atoms with Crippen molar-refractivity contribution in [3.05, 3.63) is 41.6 Å². The van der Waals surface area contributed by atoms with Crippen LogP contribution in [0.15, 0.2) is 36.9 Å². The van der Waals surface area contributed by atoms with Crippen LogP contribution < -0.4 is 0 Å². The molecule has 0 aliphatic rings. The predicted molar refractivity (Wildman–Crippen MR) is 52.7 cm³/mol. The van der Waals surface area contributed by atoms with Gasteiger partial charge in [0.1, 0.15) is 11.0 Å². The molecule has 4 heteroatoms. The molecule has 3 nitrogen and oxygen atoms in total. The summed E-state index contributed by atoms with van der Waals surface area (Å²) in [6, 6.07) is 5.68. The molecule has 2 rings (SSSR count). The number of nitrogens with zero attached hydrogens (tertiary/aromatic N) is 2. The standard InChI is InChI=1S/C9H7N3S/c13-9-3-1-2-8(12-9)7-4-10-6-11-5-7/h1-6H,(H,12,13). The van der Waals surface area contributed by atoms with Gasteiger partial charge in [-0.15, -0.1) is 0 Å². The molecule has 1 N–H and O–H groups in total. The summed E-state index contributed by atoms with van der Waals surface area (Å²) in [5.41, 5.74) is 1.88. The minimum absolute atomic E-state index is 0.710. The van der Waals surface area contributed by atoms with Crippen LogP contribution in [0.25, 0.3) is 11.3 Å². The molecule has 2 aromatic heterocycles. The number of hydrogen-bond donors (Lipinski definition) is 1. The van der Waals surface area contributed by atoms with Gasteiger partial charge in [-0.1, -0.05) is 18.3 Å². The highest BCUT2D eigenvalue weighted by Crippen LogP contribution is 2.12. The highest BCUT2D eigenvalue weighted by Gasteiger charge is 1.95. The molecule has 2 heterocycles. The summed E-state index contributed by atoms with van der Waals surface area (Å²) in [4.78, 5) is 10.9. The van der Waals surface area contributed by atoms with Crippen LogP contribution in [0.5, 0.6) is 0 Å². The first-order chi connectivity index (χ1) is 6.36. The zero-order chi connectivity index (χ0) is 9.10. The van der Waals surface area contributed by atoms with E-state index in [9.17, 15) is 0 Å². The topological polar surface area (TPSA) is 41.6 Å². The monoisotopic (exact) mass is 189 g/mol. The average molecular weight is 189 g/mol. The lowest BCUT2D eigenvalue weighted by Gasteiger charge is -1.98. The fourth-order valence-corrected chi connectivity index (χ4v) is 1.24. The Labute approximate surface area is 80.5 Å². The summed E-state index contributed by atoms with van der Waals surface area (Å²) in [6.07, 6.45) is 4.99. The number of hydrogen-bond acceptors (Lipinski definition) is 3. The van der Waals surface area contributed by atoms with Crippen LogP contribution in [0.1, 0.15) is 0 Å². The third kappa shape index (κ3) is 1.78. The van der Waals surface area contributed by atoms with E-state index in [-0.39, 0.29) is 0 Å². The maximum absolute atomic E-state index is 5.00. The summed E-state index contributed by atoms with van der Waals surface area (Å²) in [5, 5.41) is 0. The fourth-order valence-electron chi connectivity index (χ4n) is 1.05. The number of aromatic amines is 1. The Morgan fingerprint density at radius 3 is 2.62 bits per heavy atom. The third-order valence-electron chi connectivity index (χ3n) is 1.64. The number of nitrogens with one attached hydrogen (secondary N) is 1. The van der Waals surface area contributed by atoms with Crippen molar-refractivity contribution < 1.29 is 0 Å². The molecule has 64 valence electrons. The summed E-state index contributed by atoms with van der Waals surface area (Å²) in [7, 11) is 0. The molecule has 13 heavy (non-hydrogen) atoms. The zero-order valence-electron chi connectivity index (χ0n) is 6.77. The average Bonchev–Trinajstić information content (AvgIpc) is 2.19. The van der Waals surface area contributed by atoms with Gasteiger partial charge in [-0.2, -0.15) is 0 Å². The Morgan fingerprint density at radius 1 is 1.15 bits per heavy atom. The van der Waals surface area contributed by atoms with Crippen molar-refractivity contribution in [1.29, 1.82) is 0 Å². The number of aromatic nitrogens is 3. The van der Waals surface area contributed by atoms with E-state index in [0.717, 1.165) is 11.3 Å². The largest absolute Gasteiger partial charge is 0.346 e. The zero-order valence-corrected chi connectivity index (χ0v) is 7.58. The summed E-state index contributed by atoms with van der Waals surface area (Å²) in [5.74, 6) is 0. The second-order valence-corrected chi connectivity index (χ2v) is 3.00. The molecule has 0 unspecified atom stereocenters. The number of H-pyrrole nitrogens is 1. The lowest BCUT2D eigenvalue weighted by molar-refractivity contribution is 1.16. The molecule has 0 bridgehead atoms. The molecule has 0 aliphatic carbocycles. The first-order valence-corrected chi connectivity index (χ1v) is 4.22. The minimum Gasteiger partial charge on any atom is -0.346 e. The number of rotatable bonds is 1. The Morgan fingerprint density at radius 2 is 1.92 bits per heavy atom. The van der Waals surface area contributed by atoms with Crippen LogP contribution in [0.3, 0.4) is 0 Å². The normalized spacial score (nSPS) is 9.85. The SMILES string of the molecule is S=c1cccc(-c2cncnc2)[nH]1. The Bertz CT molecular complexity index is 450. The molecular weight excluding hydrogens is 182 g/mol. The summed E-state index contributed by atoms with van der Waals surface area (Å²) in [6.45, 7) is 0. The molecule has 0 radical (unpaired) electrons. The van der Waals surface area contributed by atoms with Crippen LogP contribution in [0.2, 0.25) is 0 Å². The molecule has 0 atom stereocenters. The van der Waals surface area contributed by atoms with Crippen LogP contribution in [0.4, 0.5) is 0 Å². The quantitative estimate of drug-likeness (QED) is 0.699. The molecule has 0 amide bonds. The molecule has 0 spiro atoms. The van der Waals surface area contributed by atoms with Crippen molar-refractivity contribution in [2.24, 2.45) is 0 Å².